The normalized spacial score (nSPS) is 10.4. The van der Waals surface area contributed by atoms with Crippen molar-refractivity contribution in [3.8, 4) is 5.75 Å². The summed E-state index contributed by atoms with van der Waals surface area (Å²) in [6.07, 6.45) is 1.32. The van der Waals surface area contributed by atoms with E-state index in [-0.39, 0.29) is 34.8 Å². The molecule has 0 radical (unpaired) electrons. The third-order valence-electron chi connectivity index (χ3n) is 4.14. The Labute approximate surface area is 164 Å². The Morgan fingerprint density at radius 3 is 2.69 bits per heavy atom. The maximum atomic E-state index is 13.4. The van der Waals surface area contributed by atoms with Crippen molar-refractivity contribution in [3.05, 3.63) is 98.2 Å². The minimum Gasteiger partial charge on any atom is -0.496 e. The van der Waals surface area contributed by atoms with E-state index in [4.69, 9.17) is 4.74 Å². The maximum Gasteiger partial charge on any atom is 0.296 e. The zero-order valence-corrected chi connectivity index (χ0v) is 15.3. The number of amides is 1. The van der Waals surface area contributed by atoms with Crippen molar-refractivity contribution in [1.82, 2.24) is 4.57 Å². The van der Waals surface area contributed by atoms with E-state index in [1.807, 2.05) is 0 Å². The monoisotopic (exact) mass is 397 g/mol. The van der Waals surface area contributed by atoms with E-state index < -0.39 is 16.6 Å². The third kappa shape index (κ3) is 4.64. The Kier molecular flexibility index (Phi) is 5.68. The average molecular weight is 397 g/mol. The van der Waals surface area contributed by atoms with Gasteiger partial charge in [-0.05, 0) is 35.9 Å². The van der Waals surface area contributed by atoms with Gasteiger partial charge in [-0.25, -0.2) is 4.39 Å². The number of hydrogen-bond acceptors (Lipinski definition) is 5. The lowest BCUT2D eigenvalue weighted by Crippen LogP contribution is -2.22. The molecule has 8 nitrogen and oxygen atoms in total. The highest BCUT2D eigenvalue weighted by Gasteiger charge is 2.18. The van der Waals surface area contributed by atoms with Gasteiger partial charge in [0.25, 0.3) is 17.2 Å². The Bertz CT molecular complexity index is 1140. The zero-order chi connectivity index (χ0) is 21.0. The highest BCUT2D eigenvalue weighted by Crippen LogP contribution is 2.29. The summed E-state index contributed by atoms with van der Waals surface area (Å²) in [5.74, 6) is -0.791. The Morgan fingerprint density at radius 1 is 1.21 bits per heavy atom. The predicted octanol–water partition coefficient (Wildman–Crippen LogP) is 3.20. The van der Waals surface area contributed by atoms with Crippen molar-refractivity contribution in [2.75, 3.05) is 12.4 Å². The number of hydrogen-bond donors (Lipinski definition) is 1. The lowest BCUT2D eigenvalue weighted by Gasteiger charge is -2.10. The van der Waals surface area contributed by atoms with Gasteiger partial charge in [-0.1, -0.05) is 12.1 Å². The molecule has 0 atom stereocenters. The van der Waals surface area contributed by atoms with Gasteiger partial charge in [0.15, 0.2) is 0 Å². The van der Waals surface area contributed by atoms with Crippen LogP contribution < -0.4 is 15.6 Å². The van der Waals surface area contributed by atoms with Crippen LogP contribution in [0.4, 0.5) is 15.8 Å². The van der Waals surface area contributed by atoms with E-state index in [0.717, 1.165) is 0 Å². The van der Waals surface area contributed by atoms with Crippen LogP contribution >= 0.6 is 0 Å². The van der Waals surface area contributed by atoms with Crippen LogP contribution in [0.1, 0.15) is 15.9 Å². The first-order chi connectivity index (χ1) is 13.9. The fraction of sp³-hybridized carbons (Fsp3) is 0.100. The number of carbonyl (C=O) groups excluding carboxylic acids is 1. The highest BCUT2D eigenvalue weighted by atomic mass is 19.1. The number of aromatic nitrogens is 1. The van der Waals surface area contributed by atoms with E-state index in [9.17, 15) is 24.1 Å². The summed E-state index contributed by atoms with van der Waals surface area (Å²) in [5.41, 5.74) is -0.0442. The molecule has 0 aliphatic carbocycles. The number of nitro benzene ring substituents is 1. The van der Waals surface area contributed by atoms with Crippen LogP contribution in [0, 0.1) is 15.9 Å². The van der Waals surface area contributed by atoms with Crippen LogP contribution in [-0.2, 0) is 6.54 Å². The second-order valence-electron chi connectivity index (χ2n) is 6.11. The number of methoxy groups -OCH3 is 1. The van der Waals surface area contributed by atoms with E-state index >= 15 is 0 Å². The van der Waals surface area contributed by atoms with E-state index in [1.165, 1.54) is 66.4 Å². The molecule has 0 aliphatic heterocycles. The van der Waals surface area contributed by atoms with Crippen molar-refractivity contribution < 1.29 is 18.8 Å². The molecular weight excluding hydrogens is 381 g/mol. The van der Waals surface area contributed by atoms with Gasteiger partial charge in [0.1, 0.15) is 17.3 Å². The summed E-state index contributed by atoms with van der Waals surface area (Å²) in [6.45, 7) is 0.0698. The van der Waals surface area contributed by atoms with Crippen molar-refractivity contribution in [2.24, 2.45) is 0 Å². The zero-order valence-electron chi connectivity index (χ0n) is 15.3. The topological polar surface area (TPSA) is 103 Å². The van der Waals surface area contributed by atoms with Gasteiger partial charge in [-0.15, -0.1) is 0 Å². The average Bonchev–Trinajstić information content (AvgIpc) is 2.69. The molecule has 3 aromatic rings. The maximum absolute atomic E-state index is 13.4. The Balaban J connectivity index is 1.87. The molecule has 2 aromatic carbocycles. The summed E-state index contributed by atoms with van der Waals surface area (Å²) in [6, 6.07) is 12.3. The summed E-state index contributed by atoms with van der Waals surface area (Å²) >= 11 is 0. The summed E-state index contributed by atoms with van der Waals surface area (Å²) in [7, 11) is 1.37. The molecule has 1 heterocycles. The first-order valence-corrected chi connectivity index (χ1v) is 8.46. The molecule has 29 heavy (non-hydrogen) atoms. The van der Waals surface area contributed by atoms with Gasteiger partial charge in [-0.3, -0.25) is 19.7 Å². The number of ether oxygens (including phenoxy) is 1. The largest absolute Gasteiger partial charge is 0.496 e. The fourth-order valence-corrected chi connectivity index (χ4v) is 2.71. The molecule has 9 heteroatoms. The Hall–Kier alpha value is -4.01. The fourth-order valence-electron chi connectivity index (χ4n) is 2.71. The molecule has 1 amide bonds. The van der Waals surface area contributed by atoms with Crippen LogP contribution in [0.15, 0.2) is 65.6 Å². The molecule has 1 aromatic heterocycles. The predicted molar refractivity (Wildman–Crippen MR) is 104 cm³/mol. The smallest absolute Gasteiger partial charge is 0.296 e. The van der Waals surface area contributed by atoms with Crippen molar-refractivity contribution in [2.45, 2.75) is 6.54 Å². The van der Waals surface area contributed by atoms with Crippen LogP contribution in [0.3, 0.4) is 0 Å². The highest BCUT2D eigenvalue weighted by molar-refractivity contribution is 6.05. The molecule has 3 rings (SSSR count). The van der Waals surface area contributed by atoms with Gasteiger partial charge in [0.2, 0.25) is 0 Å². The molecule has 0 saturated heterocycles. The lowest BCUT2D eigenvalue weighted by molar-refractivity contribution is -0.384. The first kappa shape index (κ1) is 19.7. The second-order valence-corrected chi connectivity index (χ2v) is 6.11. The number of nitrogens with zero attached hydrogens (tertiary/aromatic N) is 2. The van der Waals surface area contributed by atoms with Crippen LogP contribution in [-0.4, -0.2) is 22.5 Å². The van der Waals surface area contributed by atoms with Crippen molar-refractivity contribution >= 4 is 17.3 Å². The number of anilines is 1. The van der Waals surface area contributed by atoms with Gasteiger partial charge in [0, 0.05) is 12.3 Å². The SMILES string of the molecule is COc1ccc(NC(=O)c2ccc(=O)n(Cc3cccc(F)c3)c2)c([N+](=O)[O-])c1. The quantitative estimate of drug-likeness (QED) is 0.508. The lowest BCUT2D eigenvalue weighted by atomic mass is 10.2. The number of nitro groups is 1. The number of halogens is 1. The van der Waals surface area contributed by atoms with E-state index in [2.05, 4.69) is 5.32 Å². The van der Waals surface area contributed by atoms with Crippen molar-refractivity contribution in [1.29, 1.82) is 0 Å². The number of rotatable bonds is 6. The number of carbonyl (C=O) groups is 1. The van der Waals surface area contributed by atoms with E-state index in [0.29, 0.717) is 5.56 Å². The molecule has 148 valence electrons. The van der Waals surface area contributed by atoms with Gasteiger partial charge >= 0.3 is 0 Å². The van der Waals surface area contributed by atoms with Crippen LogP contribution in [0.2, 0.25) is 0 Å². The number of nitrogens with one attached hydrogen (secondary N) is 1. The number of benzene rings is 2. The third-order valence-corrected chi connectivity index (χ3v) is 4.14. The molecule has 0 saturated carbocycles. The summed E-state index contributed by atoms with van der Waals surface area (Å²) in [5, 5.41) is 13.7. The van der Waals surface area contributed by atoms with Gasteiger partial charge in [-0.2, -0.15) is 0 Å². The molecule has 1 N–H and O–H groups in total. The van der Waals surface area contributed by atoms with Crippen LogP contribution in [0.25, 0.3) is 0 Å². The molecule has 0 unspecified atom stereocenters. The number of pyridine rings is 1. The summed E-state index contributed by atoms with van der Waals surface area (Å²) in [4.78, 5) is 35.3. The molecule has 0 aliphatic rings. The van der Waals surface area contributed by atoms with Gasteiger partial charge in [0.05, 0.1) is 30.2 Å². The van der Waals surface area contributed by atoms with E-state index in [1.54, 1.807) is 6.07 Å². The van der Waals surface area contributed by atoms with Gasteiger partial charge < -0.3 is 14.6 Å². The second kappa shape index (κ2) is 8.34. The molecule has 0 spiro atoms. The minimum absolute atomic E-state index is 0.0105. The minimum atomic E-state index is -0.636. The van der Waals surface area contributed by atoms with Crippen molar-refractivity contribution in [3.63, 3.8) is 0 Å². The summed E-state index contributed by atoms with van der Waals surface area (Å²) < 4.78 is 19.6. The van der Waals surface area contributed by atoms with Crippen LogP contribution in [0.5, 0.6) is 5.75 Å². The molecular formula is C20H16FN3O5. The Morgan fingerprint density at radius 2 is 2.00 bits per heavy atom. The molecule has 0 bridgehead atoms. The molecule has 0 fully saturated rings. The standard InChI is InChI=1S/C20H16FN3O5/c1-29-16-6-7-17(18(10-16)24(27)28)22-20(26)14-5-8-19(25)23(12-14)11-13-3-2-4-15(21)9-13/h2-10,12H,11H2,1H3,(H,22,26). The first-order valence-electron chi connectivity index (χ1n) is 8.46.